The molecule has 0 aromatic heterocycles. The van der Waals surface area contributed by atoms with Gasteiger partial charge in [0.25, 0.3) is 0 Å². The SMILES string of the molecule is CCCSC1(OC)C=CC(C(=O)c2ccccc2)=C(OC)C1. The maximum absolute atomic E-state index is 12.6. The molecule has 0 radical (unpaired) electrons. The Morgan fingerprint density at radius 2 is 2.00 bits per heavy atom. The normalized spacial score (nSPS) is 21.0. The fourth-order valence-electron chi connectivity index (χ4n) is 2.38. The van der Waals surface area contributed by atoms with Crippen LogP contribution in [0.15, 0.2) is 53.8 Å². The van der Waals surface area contributed by atoms with Crippen LogP contribution in [0.4, 0.5) is 0 Å². The number of ether oxygens (including phenoxy) is 2. The smallest absolute Gasteiger partial charge is 0.196 e. The molecule has 2 rings (SSSR count). The summed E-state index contributed by atoms with van der Waals surface area (Å²) in [6.07, 6.45) is 5.45. The maximum Gasteiger partial charge on any atom is 0.196 e. The predicted octanol–water partition coefficient (Wildman–Crippen LogP) is 4.22. The van der Waals surface area contributed by atoms with Crippen molar-refractivity contribution in [3.8, 4) is 0 Å². The van der Waals surface area contributed by atoms with Crippen LogP contribution in [0.25, 0.3) is 0 Å². The first-order valence-electron chi connectivity index (χ1n) is 7.41. The van der Waals surface area contributed by atoms with E-state index in [0.29, 0.717) is 23.3 Å². The molecule has 0 N–H and O–H groups in total. The van der Waals surface area contributed by atoms with Crippen molar-refractivity contribution in [2.45, 2.75) is 24.7 Å². The van der Waals surface area contributed by atoms with E-state index < -0.39 is 4.93 Å². The second-order valence-corrected chi connectivity index (χ2v) is 6.50. The summed E-state index contributed by atoms with van der Waals surface area (Å²) in [5.41, 5.74) is 1.28. The van der Waals surface area contributed by atoms with Gasteiger partial charge in [-0.25, -0.2) is 0 Å². The molecule has 1 aliphatic carbocycles. The van der Waals surface area contributed by atoms with Crippen LogP contribution in [0.3, 0.4) is 0 Å². The summed E-state index contributed by atoms with van der Waals surface area (Å²) < 4.78 is 11.2. The van der Waals surface area contributed by atoms with Crippen LogP contribution in [-0.4, -0.2) is 30.7 Å². The van der Waals surface area contributed by atoms with E-state index in [2.05, 4.69) is 6.92 Å². The molecular formula is C18H22O3S. The number of thioether (sulfide) groups is 1. The molecule has 1 aliphatic rings. The van der Waals surface area contributed by atoms with Crippen molar-refractivity contribution in [3.63, 3.8) is 0 Å². The lowest BCUT2D eigenvalue weighted by Gasteiger charge is -2.32. The molecule has 0 heterocycles. The molecule has 0 bridgehead atoms. The molecule has 3 nitrogen and oxygen atoms in total. The zero-order chi connectivity index (χ0) is 16.0. The number of carbonyl (C=O) groups is 1. The Bertz CT molecular complexity index is 577. The lowest BCUT2D eigenvalue weighted by atomic mass is 9.95. The molecule has 22 heavy (non-hydrogen) atoms. The molecule has 4 heteroatoms. The molecule has 118 valence electrons. The molecule has 1 atom stereocenters. The first-order valence-corrected chi connectivity index (χ1v) is 8.39. The van der Waals surface area contributed by atoms with Crippen LogP contribution in [-0.2, 0) is 9.47 Å². The number of rotatable bonds is 7. The van der Waals surface area contributed by atoms with Crippen molar-refractivity contribution in [2.75, 3.05) is 20.0 Å². The molecule has 1 aromatic rings. The van der Waals surface area contributed by atoms with E-state index in [1.807, 2.05) is 42.5 Å². The highest BCUT2D eigenvalue weighted by Crippen LogP contribution is 2.39. The maximum atomic E-state index is 12.6. The highest BCUT2D eigenvalue weighted by molar-refractivity contribution is 8.00. The average Bonchev–Trinajstić information content (AvgIpc) is 2.59. The van der Waals surface area contributed by atoms with E-state index in [9.17, 15) is 4.79 Å². The largest absolute Gasteiger partial charge is 0.500 e. The van der Waals surface area contributed by atoms with Gasteiger partial charge in [-0.3, -0.25) is 4.79 Å². The predicted molar refractivity (Wildman–Crippen MR) is 91.1 cm³/mol. The quantitative estimate of drug-likeness (QED) is 0.557. The average molecular weight is 318 g/mol. The Balaban J connectivity index is 2.28. The first kappa shape index (κ1) is 16.8. The molecule has 0 aliphatic heterocycles. The van der Waals surface area contributed by atoms with Gasteiger partial charge in [-0.15, -0.1) is 11.8 Å². The number of carbonyl (C=O) groups excluding carboxylic acids is 1. The summed E-state index contributed by atoms with van der Waals surface area (Å²) in [6.45, 7) is 2.14. The van der Waals surface area contributed by atoms with Crippen molar-refractivity contribution in [2.24, 2.45) is 0 Å². The van der Waals surface area contributed by atoms with Gasteiger partial charge in [-0.2, -0.15) is 0 Å². The summed E-state index contributed by atoms with van der Waals surface area (Å²) >= 11 is 1.74. The number of allylic oxidation sites excluding steroid dienone is 2. The molecule has 1 aromatic carbocycles. The Hall–Kier alpha value is -1.52. The van der Waals surface area contributed by atoms with Gasteiger partial charge in [0.1, 0.15) is 10.7 Å². The number of Topliss-reactive ketones (excluding diaryl/α,β-unsaturated/α-hetero) is 1. The number of hydrogen-bond acceptors (Lipinski definition) is 4. The Kier molecular flexibility index (Phi) is 5.86. The van der Waals surface area contributed by atoms with E-state index in [-0.39, 0.29) is 5.78 Å². The van der Waals surface area contributed by atoms with Gasteiger partial charge in [-0.1, -0.05) is 37.3 Å². The third-order valence-corrected chi connectivity index (χ3v) is 5.18. The van der Waals surface area contributed by atoms with E-state index in [1.54, 1.807) is 26.0 Å². The van der Waals surface area contributed by atoms with Crippen LogP contribution in [0, 0.1) is 0 Å². The Morgan fingerprint density at radius 1 is 1.27 bits per heavy atom. The van der Waals surface area contributed by atoms with Gasteiger partial charge in [0.2, 0.25) is 0 Å². The van der Waals surface area contributed by atoms with Crippen LogP contribution in [0.2, 0.25) is 0 Å². The zero-order valence-electron chi connectivity index (χ0n) is 13.3. The van der Waals surface area contributed by atoms with Crippen molar-refractivity contribution >= 4 is 17.5 Å². The van der Waals surface area contributed by atoms with E-state index in [1.165, 1.54) is 0 Å². The Morgan fingerprint density at radius 3 is 2.59 bits per heavy atom. The highest BCUT2D eigenvalue weighted by Gasteiger charge is 2.34. The minimum absolute atomic E-state index is 0.0149. The second-order valence-electron chi connectivity index (χ2n) is 5.11. The van der Waals surface area contributed by atoms with Gasteiger partial charge in [-0.05, 0) is 24.3 Å². The van der Waals surface area contributed by atoms with Gasteiger partial charge in [0.15, 0.2) is 5.78 Å². The van der Waals surface area contributed by atoms with Crippen LogP contribution < -0.4 is 0 Å². The third kappa shape index (κ3) is 3.62. The van der Waals surface area contributed by atoms with Crippen molar-refractivity contribution < 1.29 is 14.3 Å². The van der Waals surface area contributed by atoms with Crippen molar-refractivity contribution in [3.05, 3.63) is 59.4 Å². The van der Waals surface area contributed by atoms with Gasteiger partial charge in [0.05, 0.1) is 12.7 Å². The van der Waals surface area contributed by atoms with Crippen LogP contribution >= 0.6 is 11.8 Å². The standard InChI is InChI=1S/C18H22O3S/c1-4-12-22-18(21-3)11-10-15(16(13-18)20-2)17(19)14-8-6-5-7-9-14/h5-11H,4,12-13H2,1-3H3. The monoisotopic (exact) mass is 318 g/mol. The second kappa shape index (κ2) is 7.65. The lowest BCUT2D eigenvalue weighted by Crippen LogP contribution is -2.30. The number of methoxy groups -OCH3 is 2. The Labute approximate surface area is 136 Å². The summed E-state index contributed by atoms with van der Waals surface area (Å²) in [6, 6.07) is 9.27. The van der Waals surface area contributed by atoms with Crippen molar-refractivity contribution in [1.82, 2.24) is 0 Å². The molecular weight excluding hydrogens is 296 g/mol. The number of benzene rings is 1. The molecule has 1 unspecified atom stereocenters. The molecule has 0 fully saturated rings. The number of hydrogen-bond donors (Lipinski definition) is 0. The minimum atomic E-state index is -0.443. The third-order valence-electron chi connectivity index (χ3n) is 3.63. The summed E-state index contributed by atoms with van der Waals surface area (Å²) in [5.74, 6) is 1.66. The van der Waals surface area contributed by atoms with Crippen LogP contribution in [0.1, 0.15) is 30.1 Å². The lowest BCUT2D eigenvalue weighted by molar-refractivity contribution is 0.0898. The van der Waals surface area contributed by atoms with E-state index >= 15 is 0 Å². The molecule has 0 amide bonds. The summed E-state index contributed by atoms with van der Waals surface area (Å²) in [4.78, 5) is 12.2. The minimum Gasteiger partial charge on any atom is -0.500 e. The van der Waals surface area contributed by atoms with Gasteiger partial charge >= 0.3 is 0 Å². The zero-order valence-corrected chi connectivity index (χ0v) is 14.1. The first-order chi connectivity index (χ1) is 10.7. The fourth-order valence-corrected chi connectivity index (χ4v) is 3.45. The molecule has 0 saturated heterocycles. The molecule has 0 saturated carbocycles. The van der Waals surface area contributed by atoms with Gasteiger partial charge in [0, 0.05) is 19.1 Å². The fraction of sp³-hybridized carbons (Fsp3) is 0.389. The highest BCUT2D eigenvalue weighted by atomic mass is 32.2. The number of ketones is 1. The van der Waals surface area contributed by atoms with E-state index in [0.717, 1.165) is 12.2 Å². The van der Waals surface area contributed by atoms with E-state index in [4.69, 9.17) is 9.47 Å². The van der Waals surface area contributed by atoms with Gasteiger partial charge < -0.3 is 9.47 Å². The molecule has 0 spiro atoms. The van der Waals surface area contributed by atoms with Crippen LogP contribution in [0.5, 0.6) is 0 Å². The van der Waals surface area contributed by atoms with Crippen molar-refractivity contribution in [1.29, 1.82) is 0 Å². The summed E-state index contributed by atoms with van der Waals surface area (Å²) in [7, 11) is 3.31. The topological polar surface area (TPSA) is 35.5 Å². The summed E-state index contributed by atoms with van der Waals surface area (Å²) in [5, 5.41) is 0.